The fraction of sp³-hybridized carbons (Fsp3) is 0.333. The highest BCUT2D eigenvalue weighted by Crippen LogP contribution is 2.12. The van der Waals surface area contributed by atoms with E-state index in [1.807, 2.05) is 31.3 Å². The summed E-state index contributed by atoms with van der Waals surface area (Å²) >= 11 is 5.94. The van der Waals surface area contributed by atoms with Crippen molar-refractivity contribution in [2.75, 3.05) is 7.05 Å². The van der Waals surface area contributed by atoms with E-state index in [0.717, 1.165) is 17.1 Å². The highest BCUT2D eigenvalue weighted by atomic mass is 35.5. The molecule has 0 aliphatic rings. The quantitative estimate of drug-likeness (QED) is 0.894. The minimum Gasteiger partial charge on any atom is -0.338 e. The van der Waals surface area contributed by atoms with E-state index in [4.69, 9.17) is 21.9 Å². The number of nitrogens with two attached hydrogens (primary N) is 1. The van der Waals surface area contributed by atoms with Crippen molar-refractivity contribution in [1.29, 1.82) is 0 Å². The molecule has 5 nitrogen and oxygen atoms in total. The second-order valence-corrected chi connectivity index (χ2v) is 4.55. The van der Waals surface area contributed by atoms with Crippen LogP contribution in [0.4, 0.5) is 0 Å². The van der Waals surface area contributed by atoms with Gasteiger partial charge in [0.2, 0.25) is 5.89 Å². The SMILES string of the molecule is CN(Cc1cccc(Cl)c1)Cc1noc(CN)n1. The maximum atomic E-state index is 5.94. The molecule has 0 unspecified atom stereocenters. The number of aromatic nitrogens is 2. The summed E-state index contributed by atoms with van der Waals surface area (Å²) in [5.41, 5.74) is 6.56. The van der Waals surface area contributed by atoms with Gasteiger partial charge in [-0.3, -0.25) is 4.90 Å². The van der Waals surface area contributed by atoms with Gasteiger partial charge in [-0.05, 0) is 24.7 Å². The van der Waals surface area contributed by atoms with Gasteiger partial charge >= 0.3 is 0 Å². The van der Waals surface area contributed by atoms with Gasteiger partial charge in [-0.1, -0.05) is 28.9 Å². The number of halogens is 1. The third-order valence-corrected chi connectivity index (χ3v) is 2.67. The van der Waals surface area contributed by atoms with Crippen LogP contribution in [0.15, 0.2) is 28.8 Å². The van der Waals surface area contributed by atoms with Gasteiger partial charge in [0, 0.05) is 11.6 Å². The van der Waals surface area contributed by atoms with Gasteiger partial charge in [0.25, 0.3) is 0 Å². The lowest BCUT2D eigenvalue weighted by Crippen LogP contribution is -2.18. The standard InChI is InChI=1S/C12H15ClN4O/c1-17(7-9-3-2-4-10(13)5-9)8-11-15-12(6-14)18-16-11/h2-5H,6-8,14H2,1H3. The number of nitrogens with zero attached hydrogens (tertiary/aromatic N) is 3. The summed E-state index contributed by atoms with van der Waals surface area (Å²) in [5.74, 6) is 1.10. The predicted octanol–water partition coefficient (Wildman–Crippen LogP) is 1.81. The first kappa shape index (κ1) is 13.0. The van der Waals surface area contributed by atoms with E-state index in [2.05, 4.69) is 15.0 Å². The van der Waals surface area contributed by atoms with E-state index in [9.17, 15) is 0 Å². The van der Waals surface area contributed by atoms with Crippen molar-refractivity contribution in [3.63, 3.8) is 0 Å². The van der Waals surface area contributed by atoms with Gasteiger partial charge in [-0.25, -0.2) is 0 Å². The minimum absolute atomic E-state index is 0.269. The van der Waals surface area contributed by atoms with Gasteiger partial charge in [-0.15, -0.1) is 0 Å². The average molecular weight is 267 g/mol. The van der Waals surface area contributed by atoms with Crippen molar-refractivity contribution in [3.05, 3.63) is 46.6 Å². The second kappa shape index (κ2) is 5.95. The van der Waals surface area contributed by atoms with Crippen LogP contribution in [0, 0.1) is 0 Å². The molecule has 2 rings (SSSR count). The van der Waals surface area contributed by atoms with E-state index in [1.54, 1.807) is 0 Å². The lowest BCUT2D eigenvalue weighted by atomic mass is 10.2. The van der Waals surface area contributed by atoms with Crippen LogP contribution in [0.3, 0.4) is 0 Å². The van der Waals surface area contributed by atoms with E-state index in [1.165, 1.54) is 0 Å². The molecule has 0 spiro atoms. The summed E-state index contributed by atoms with van der Waals surface area (Å²) in [6.45, 7) is 1.65. The Balaban J connectivity index is 1.94. The van der Waals surface area contributed by atoms with E-state index in [0.29, 0.717) is 18.3 Å². The van der Waals surface area contributed by atoms with E-state index in [-0.39, 0.29) is 6.54 Å². The molecule has 0 saturated heterocycles. The first-order chi connectivity index (χ1) is 8.67. The zero-order chi connectivity index (χ0) is 13.0. The molecule has 0 fully saturated rings. The Bertz CT molecular complexity index is 514. The molecule has 2 aromatic rings. The van der Waals surface area contributed by atoms with Gasteiger partial charge in [0.05, 0.1) is 13.1 Å². The monoisotopic (exact) mass is 266 g/mol. The molecular formula is C12H15ClN4O. The molecule has 96 valence electrons. The van der Waals surface area contributed by atoms with E-state index < -0.39 is 0 Å². The van der Waals surface area contributed by atoms with Gasteiger partial charge in [-0.2, -0.15) is 4.98 Å². The first-order valence-electron chi connectivity index (χ1n) is 5.62. The third-order valence-electron chi connectivity index (χ3n) is 2.44. The molecule has 0 saturated carbocycles. The largest absolute Gasteiger partial charge is 0.338 e. The minimum atomic E-state index is 0.269. The Kier molecular flexibility index (Phi) is 4.30. The Morgan fingerprint density at radius 2 is 2.22 bits per heavy atom. The van der Waals surface area contributed by atoms with Crippen molar-refractivity contribution < 1.29 is 4.52 Å². The van der Waals surface area contributed by atoms with Crippen LogP contribution in [0.1, 0.15) is 17.3 Å². The molecule has 0 aliphatic carbocycles. The van der Waals surface area contributed by atoms with Gasteiger partial charge in [0.1, 0.15) is 0 Å². The number of benzene rings is 1. The summed E-state index contributed by atoms with van der Waals surface area (Å²) in [6.07, 6.45) is 0. The molecule has 0 radical (unpaired) electrons. The Hall–Kier alpha value is -1.43. The molecule has 0 amide bonds. The van der Waals surface area contributed by atoms with Crippen molar-refractivity contribution in [2.45, 2.75) is 19.6 Å². The normalized spacial score (nSPS) is 11.1. The fourth-order valence-corrected chi connectivity index (χ4v) is 1.89. The molecule has 1 aromatic carbocycles. The molecule has 1 heterocycles. The predicted molar refractivity (Wildman–Crippen MR) is 68.8 cm³/mol. The number of hydrogen-bond donors (Lipinski definition) is 1. The maximum Gasteiger partial charge on any atom is 0.240 e. The summed E-state index contributed by atoms with van der Waals surface area (Å²) in [6, 6.07) is 7.77. The topological polar surface area (TPSA) is 68.2 Å². The summed E-state index contributed by atoms with van der Waals surface area (Å²) < 4.78 is 4.95. The van der Waals surface area contributed by atoms with Crippen LogP contribution in [-0.4, -0.2) is 22.1 Å². The average Bonchev–Trinajstić information content (AvgIpc) is 2.76. The lowest BCUT2D eigenvalue weighted by molar-refractivity contribution is 0.300. The Morgan fingerprint density at radius 1 is 1.39 bits per heavy atom. The molecule has 2 N–H and O–H groups in total. The van der Waals surface area contributed by atoms with Crippen LogP contribution in [0.25, 0.3) is 0 Å². The highest BCUT2D eigenvalue weighted by molar-refractivity contribution is 6.30. The molecule has 0 aliphatic heterocycles. The zero-order valence-corrected chi connectivity index (χ0v) is 10.9. The Morgan fingerprint density at radius 3 is 2.89 bits per heavy atom. The van der Waals surface area contributed by atoms with Gasteiger partial charge < -0.3 is 10.3 Å². The molecular weight excluding hydrogens is 252 g/mol. The van der Waals surface area contributed by atoms with Crippen molar-refractivity contribution in [1.82, 2.24) is 15.0 Å². The summed E-state index contributed by atoms with van der Waals surface area (Å²) in [7, 11) is 1.99. The van der Waals surface area contributed by atoms with E-state index >= 15 is 0 Å². The molecule has 6 heteroatoms. The Labute approximate surface area is 111 Å². The molecule has 0 atom stereocenters. The third kappa shape index (κ3) is 3.53. The van der Waals surface area contributed by atoms with Crippen molar-refractivity contribution in [2.24, 2.45) is 5.73 Å². The van der Waals surface area contributed by atoms with Crippen LogP contribution in [-0.2, 0) is 19.6 Å². The summed E-state index contributed by atoms with van der Waals surface area (Å²) in [4.78, 5) is 6.24. The molecule has 0 bridgehead atoms. The zero-order valence-electron chi connectivity index (χ0n) is 10.1. The molecule has 18 heavy (non-hydrogen) atoms. The van der Waals surface area contributed by atoms with Crippen LogP contribution >= 0.6 is 11.6 Å². The first-order valence-corrected chi connectivity index (χ1v) is 5.99. The highest BCUT2D eigenvalue weighted by Gasteiger charge is 2.08. The smallest absolute Gasteiger partial charge is 0.240 e. The second-order valence-electron chi connectivity index (χ2n) is 4.11. The summed E-state index contributed by atoms with van der Waals surface area (Å²) in [5, 5.41) is 4.59. The van der Waals surface area contributed by atoms with Crippen LogP contribution in [0.5, 0.6) is 0 Å². The maximum absolute atomic E-state index is 5.94. The van der Waals surface area contributed by atoms with Crippen molar-refractivity contribution >= 4 is 11.6 Å². The van der Waals surface area contributed by atoms with Crippen molar-refractivity contribution in [3.8, 4) is 0 Å². The van der Waals surface area contributed by atoms with Gasteiger partial charge in [0.15, 0.2) is 5.82 Å². The molecule has 1 aromatic heterocycles. The number of hydrogen-bond acceptors (Lipinski definition) is 5. The number of rotatable bonds is 5. The fourth-order valence-electron chi connectivity index (χ4n) is 1.68. The lowest BCUT2D eigenvalue weighted by Gasteiger charge is -2.14. The van der Waals surface area contributed by atoms with Crippen LogP contribution < -0.4 is 5.73 Å². The van der Waals surface area contributed by atoms with Crippen LogP contribution in [0.2, 0.25) is 5.02 Å².